The van der Waals surface area contributed by atoms with Gasteiger partial charge in [0.15, 0.2) is 0 Å². The van der Waals surface area contributed by atoms with E-state index in [0.29, 0.717) is 18.7 Å². The lowest BCUT2D eigenvalue weighted by atomic mass is 10.2. The van der Waals surface area contributed by atoms with E-state index in [1.807, 2.05) is 13.8 Å². The number of urea groups is 1. The molecular weight excluding hydrogens is 364 g/mol. The van der Waals surface area contributed by atoms with Crippen LogP contribution in [0.2, 0.25) is 0 Å². The van der Waals surface area contributed by atoms with Crippen LogP contribution in [0.4, 0.5) is 10.5 Å². The maximum atomic E-state index is 12.6. The molecule has 0 spiro atoms. The topological polar surface area (TPSA) is 109 Å². The Labute approximate surface area is 165 Å². The van der Waals surface area contributed by atoms with Crippen molar-refractivity contribution in [3.63, 3.8) is 0 Å². The van der Waals surface area contributed by atoms with Crippen molar-refractivity contribution in [2.75, 3.05) is 39.2 Å². The van der Waals surface area contributed by atoms with Gasteiger partial charge in [0.2, 0.25) is 11.8 Å². The van der Waals surface area contributed by atoms with E-state index >= 15 is 0 Å². The van der Waals surface area contributed by atoms with E-state index in [0.717, 1.165) is 0 Å². The average molecular weight is 394 g/mol. The zero-order valence-electron chi connectivity index (χ0n) is 17.1. The minimum absolute atomic E-state index is 0.0134. The minimum atomic E-state index is -0.174. The first-order valence-corrected chi connectivity index (χ1v) is 9.34. The Bertz CT molecular complexity index is 702. The number of ether oxygens (including phenoxy) is 1. The summed E-state index contributed by atoms with van der Waals surface area (Å²) in [6.45, 7) is 5.95. The predicted octanol–water partition coefficient (Wildman–Crippen LogP) is 0.680. The second kappa shape index (κ2) is 9.54. The SMILES string of the molecule is CC(=O)Nc1cnn([C@H]2C[C@@H](COCC(=O)N(C)C)N(C(=O)NC(C)C)C2)c1. The number of hydrogen-bond acceptors (Lipinski definition) is 5. The maximum absolute atomic E-state index is 12.6. The van der Waals surface area contributed by atoms with Gasteiger partial charge >= 0.3 is 6.03 Å². The van der Waals surface area contributed by atoms with E-state index in [1.54, 1.807) is 36.1 Å². The van der Waals surface area contributed by atoms with E-state index in [4.69, 9.17) is 4.74 Å². The molecule has 0 unspecified atom stereocenters. The monoisotopic (exact) mass is 394 g/mol. The van der Waals surface area contributed by atoms with E-state index in [1.165, 1.54) is 11.8 Å². The van der Waals surface area contributed by atoms with Crippen LogP contribution in [0.1, 0.15) is 33.2 Å². The van der Waals surface area contributed by atoms with Gasteiger partial charge in [-0.3, -0.25) is 14.3 Å². The summed E-state index contributed by atoms with van der Waals surface area (Å²) in [5, 5.41) is 9.91. The van der Waals surface area contributed by atoms with Crippen molar-refractivity contribution >= 4 is 23.5 Å². The molecule has 10 heteroatoms. The van der Waals surface area contributed by atoms with Crippen molar-refractivity contribution in [1.29, 1.82) is 0 Å². The number of amides is 4. The normalized spacial score (nSPS) is 19.0. The Morgan fingerprint density at radius 3 is 2.68 bits per heavy atom. The lowest BCUT2D eigenvalue weighted by Gasteiger charge is -2.25. The highest BCUT2D eigenvalue weighted by molar-refractivity contribution is 5.88. The largest absolute Gasteiger partial charge is 0.369 e. The number of likely N-dealkylation sites (N-methyl/N-ethyl adjacent to an activating group) is 1. The van der Waals surface area contributed by atoms with Gasteiger partial charge in [-0.1, -0.05) is 0 Å². The number of hydrogen-bond donors (Lipinski definition) is 2. The average Bonchev–Trinajstić information content (AvgIpc) is 3.20. The van der Waals surface area contributed by atoms with Crippen LogP contribution in [0.5, 0.6) is 0 Å². The van der Waals surface area contributed by atoms with Crippen LogP contribution in [-0.2, 0) is 14.3 Å². The number of nitrogens with one attached hydrogen (secondary N) is 2. The van der Waals surface area contributed by atoms with Crippen molar-refractivity contribution in [3.05, 3.63) is 12.4 Å². The number of carbonyl (C=O) groups is 3. The molecule has 0 saturated carbocycles. The molecule has 0 bridgehead atoms. The van der Waals surface area contributed by atoms with Gasteiger partial charge in [0.05, 0.1) is 30.6 Å². The second-order valence-electron chi connectivity index (χ2n) is 7.49. The molecule has 1 aliphatic heterocycles. The highest BCUT2D eigenvalue weighted by Crippen LogP contribution is 2.28. The van der Waals surface area contributed by atoms with E-state index in [2.05, 4.69) is 15.7 Å². The molecule has 1 saturated heterocycles. The first-order chi connectivity index (χ1) is 13.2. The Kier molecular flexibility index (Phi) is 7.38. The van der Waals surface area contributed by atoms with Crippen LogP contribution in [0.3, 0.4) is 0 Å². The van der Waals surface area contributed by atoms with E-state index in [-0.39, 0.29) is 49.2 Å². The third kappa shape index (κ3) is 5.95. The van der Waals surface area contributed by atoms with Crippen molar-refractivity contribution in [2.24, 2.45) is 0 Å². The predicted molar refractivity (Wildman–Crippen MR) is 104 cm³/mol. The number of nitrogens with zero attached hydrogens (tertiary/aromatic N) is 4. The second-order valence-corrected chi connectivity index (χ2v) is 7.49. The van der Waals surface area contributed by atoms with Gasteiger partial charge in [-0.15, -0.1) is 0 Å². The van der Waals surface area contributed by atoms with Crippen LogP contribution in [0.25, 0.3) is 0 Å². The first-order valence-electron chi connectivity index (χ1n) is 9.34. The molecule has 2 rings (SSSR count). The fraction of sp³-hybridized carbons (Fsp3) is 0.667. The Morgan fingerprint density at radius 2 is 2.07 bits per heavy atom. The molecule has 1 fully saturated rings. The molecule has 28 heavy (non-hydrogen) atoms. The molecule has 0 aliphatic carbocycles. The summed E-state index contributed by atoms with van der Waals surface area (Å²) in [6, 6.07) is -0.371. The molecular formula is C18H30N6O4. The van der Waals surface area contributed by atoms with Gasteiger partial charge in [0.25, 0.3) is 0 Å². The fourth-order valence-electron chi connectivity index (χ4n) is 3.04. The van der Waals surface area contributed by atoms with Crippen LogP contribution in [-0.4, -0.2) is 83.4 Å². The van der Waals surface area contributed by atoms with Gasteiger partial charge < -0.3 is 25.2 Å². The summed E-state index contributed by atoms with van der Waals surface area (Å²) in [5.74, 6) is -0.291. The molecule has 1 aliphatic rings. The van der Waals surface area contributed by atoms with Gasteiger partial charge in [0.1, 0.15) is 6.61 Å². The number of likely N-dealkylation sites (tertiary alicyclic amines) is 1. The van der Waals surface area contributed by atoms with Gasteiger partial charge in [-0.2, -0.15) is 5.10 Å². The Hall–Kier alpha value is -2.62. The summed E-state index contributed by atoms with van der Waals surface area (Å²) in [4.78, 5) is 38.7. The van der Waals surface area contributed by atoms with Crippen molar-refractivity contribution in [2.45, 2.75) is 45.3 Å². The van der Waals surface area contributed by atoms with Gasteiger partial charge in [-0.25, -0.2) is 4.79 Å². The molecule has 10 nitrogen and oxygen atoms in total. The molecule has 0 aromatic carbocycles. The summed E-state index contributed by atoms with van der Waals surface area (Å²) in [5.41, 5.74) is 0.613. The highest BCUT2D eigenvalue weighted by atomic mass is 16.5. The minimum Gasteiger partial charge on any atom is -0.369 e. The molecule has 4 amide bonds. The highest BCUT2D eigenvalue weighted by Gasteiger charge is 2.37. The van der Waals surface area contributed by atoms with Crippen LogP contribution < -0.4 is 10.6 Å². The summed E-state index contributed by atoms with van der Waals surface area (Å²) in [6.07, 6.45) is 3.98. The van der Waals surface area contributed by atoms with Gasteiger partial charge in [-0.05, 0) is 20.3 Å². The Morgan fingerprint density at radius 1 is 1.36 bits per heavy atom. The fourth-order valence-corrected chi connectivity index (χ4v) is 3.04. The third-order valence-corrected chi connectivity index (χ3v) is 4.40. The summed E-state index contributed by atoms with van der Waals surface area (Å²) >= 11 is 0. The first kappa shape index (κ1) is 21.7. The van der Waals surface area contributed by atoms with Crippen LogP contribution in [0, 0.1) is 0 Å². The third-order valence-electron chi connectivity index (χ3n) is 4.40. The molecule has 156 valence electrons. The molecule has 2 atom stereocenters. The van der Waals surface area contributed by atoms with Crippen molar-refractivity contribution in [1.82, 2.24) is 24.9 Å². The van der Waals surface area contributed by atoms with E-state index < -0.39 is 0 Å². The maximum Gasteiger partial charge on any atom is 0.317 e. The molecule has 1 aromatic heterocycles. The summed E-state index contributed by atoms with van der Waals surface area (Å²) < 4.78 is 7.32. The zero-order valence-corrected chi connectivity index (χ0v) is 17.1. The quantitative estimate of drug-likeness (QED) is 0.707. The van der Waals surface area contributed by atoms with Gasteiger partial charge in [0, 0.05) is 39.8 Å². The van der Waals surface area contributed by atoms with Crippen molar-refractivity contribution in [3.8, 4) is 0 Å². The lowest BCUT2D eigenvalue weighted by molar-refractivity contribution is -0.134. The van der Waals surface area contributed by atoms with E-state index in [9.17, 15) is 14.4 Å². The number of carbonyl (C=O) groups excluding carboxylic acids is 3. The lowest BCUT2D eigenvalue weighted by Crippen LogP contribution is -2.47. The van der Waals surface area contributed by atoms with Crippen LogP contribution >= 0.6 is 0 Å². The standard InChI is InChI=1S/C18H30N6O4/c1-12(2)20-18(27)23-9-15(24-8-14(7-19-24)21-13(3)25)6-16(23)10-28-11-17(26)22(4)5/h7-8,12,15-16H,6,9-11H2,1-5H3,(H,20,27)(H,21,25)/t15-,16-/m0/s1. The number of anilines is 1. The Balaban J connectivity index is 2.05. The smallest absolute Gasteiger partial charge is 0.317 e. The van der Waals surface area contributed by atoms with Crippen LogP contribution in [0.15, 0.2) is 12.4 Å². The zero-order chi connectivity index (χ0) is 20.8. The molecule has 2 heterocycles. The molecule has 0 radical (unpaired) electrons. The number of rotatable bonds is 7. The molecule has 1 aromatic rings. The van der Waals surface area contributed by atoms with Crippen molar-refractivity contribution < 1.29 is 19.1 Å². The molecule has 2 N–H and O–H groups in total. The number of aromatic nitrogens is 2. The summed E-state index contributed by atoms with van der Waals surface area (Å²) in [7, 11) is 3.34.